The molecule has 316 valence electrons. The van der Waals surface area contributed by atoms with Gasteiger partial charge in [0.25, 0.3) is 0 Å². The van der Waals surface area contributed by atoms with Gasteiger partial charge in [-0.3, -0.25) is 0 Å². The molecule has 9 aromatic rings. The van der Waals surface area contributed by atoms with Gasteiger partial charge in [0.15, 0.2) is 0 Å². The summed E-state index contributed by atoms with van der Waals surface area (Å²) in [6, 6.07) is 56.2. The number of hydrogen-bond donors (Lipinski definition) is 0. The maximum atomic E-state index is 3.88. The molecule has 0 radical (unpaired) electrons. The third-order valence-corrected chi connectivity index (χ3v) is 11.3. The fraction of sp³-hybridized carbons (Fsp3) is 0.148. The van der Waals surface area contributed by atoms with Crippen LogP contribution in [0.2, 0.25) is 0 Å². The third kappa shape index (κ3) is 10.1. The highest BCUT2D eigenvalue weighted by Crippen LogP contribution is 2.37. The van der Waals surface area contributed by atoms with Crippen molar-refractivity contribution in [2.24, 2.45) is 0 Å². The Kier molecular flexibility index (Phi) is 15.5. The van der Waals surface area contributed by atoms with Crippen molar-refractivity contribution in [3.8, 4) is 27.9 Å². The molecule has 63 heavy (non-hydrogen) atoms. The largest absolute Gasteiger partial charge is 0.317 e. The normalized spacial score (nSPS) is 11.3. The van der Waals surface area contributed by atoms with Gasteiger partial charge in [0, 0.05) is 33.7 Å². The second-order valence-corrected chi connectivity index (χ2v) is 15.6. The van der Waals surface area contributed by atoms with E-state index in [0.29, 0.717) is 0 Å². The van der Waals surface area contributed by atoms with Crippen molar-refractivity contribution >= 4 is 44.5 Å². The summed E-state index contributed by atoms with van der Waals surface area (Å²) in [4.78, 5) is 0. The van der Waals surface area contributed by atoms with Crippen molar-refractivity contribution in [2.75, 3.05) is 0 Å². The summed E-state index contributed by atoms with van der Waals surface area (Å²) in [7, 11) is 0. The summed E-state index contributed by atoms with van der Waals surface area (Å²) >= 11 is 0. The molecule has 0 aliphatic carbocycles. The van der Waals surface area contributed by atoms with E-state index in [2.05, 4.69) is 233 Å². The Morgan fingerprint density at radius 1 is 0.508 bits per heavy atom. The zero-order chi connectivity index (χ0) is 44.9. The van der Waals surface area contributed by atoms with E-state index in [-0.39, 0.29) is 0 Å². The van der Waals surface area contributed by atoms with Gasteiger partial charge in [-0.25, -0.2) is 0 Å². The highest BCUT2D eigenvalue weighted by molar-refractivity contribution is 6.14. The number of aromatic nitrogens is 2. The van der Waals surface area contributed by atoms with Crippen LogP contribution in [0.3, 0.4) is 0 Å². The maximum absolute atomic E-state index is 3.88. The molecular formula is C61H62N2. The summed E-state index contributed by atoms with van der Waals surface area (Å²) in [6.07, 6.45) is 14.6. The van der Waals surface area contributed by atoms with Crippen molar-refractivity contribution in [3.05, 3.63) is 234 Å². The van der Waals surface area contributed by atoms with Crippen molar-refractivity contribution < 1.29 is 0 Å². The van der Waals surface area contributed by atoms with Crippen molar-refractivity contribution in [1.82, 2.24) is 9.13 Å². The molecule has 0 N–H and O–H groups in total. The van der Waals surface area contributed by atoms with E-state index in [1.165, 1.54) is 94.0 Å². The van der Waals surface area contributed by atoms with Crippen LogP contribution in [0.15, 0.2) is 201 Å². The predicted molar refractivity (Wildman–Crippen MR) is 279 cm³/mol. The molecule has 2 aromatic heterocycles. The molecule has 0 saturated heterocycles. The van der Waals surface area contributed by atoms with Gasteiger partial charge in [-0.05, 0) is 142 Å². The smallest absolute Gasteiger partial charge is 0.0547 e. The fourth-order valence-electron chi connectivity index (χ4n) is 8.20. The van der Waals surface area contributed by atoms with Gasteiger partial charge >= 0.3 is 0 Å². The molecule has 0 fully saturated rings. The summed E-state index contributed by atoms with van der Waals surface area (Å²) in [5.74, 6) is 0. The molecule has 0 unspecified atom stereocenters. The number of rotatable bonds is 7. The summed E-state index contributed by atoms with van der Waals surface area (Å²) in [5.41, 5.74) is 18.9. The van der Waals surface area contributed by atoms with E-state index >= 15 is 0 Å². The molecule has 2 nitrogen and oxygen atoms in total. The Labute approximate surface area is 376 Å². The lowest BCUT2D eigenvalue weighted by Gasteiger charge is -2.13. The minimum absolute atomic E-state index is 1.12. The van der Waals surface area contributed by atoms with E-state index in [9.17, 15) is 0 Å². The van der Waals surface area contributed by atoms with E-state index < -0.39 is 0 Å². The van der Waals surface area contributed by atoms with E-state index in [1.54, 1.807) is 0 Å². The van der Waals surface area contributed by atoms with E-state index in [0.717, 1.165) is 5.70 Å². The number of nitrogens with zero attached hydrogens (tertiary/aromatic N) is 2. The fourth-order valence-corrected chi connectivity index (χ4v) is 8.20. The van der Waals surface area contributed by atoms with Crippen molar-refractivity contribution in [1.29, 1.82) is 0 Å². The first-order chi connectivity index (χ1) is 30.7. The van der Waals surface area contributed by atoms with Crippen LogP contribution in [-0.4, -0.2) is 9.13 Å². The quantitative estimate of drug-likeness (QED) is 0.142. The number of allylic oxidation sites excluding steroid dienone is 6. The topological polar surface area (TPSA) is 9.86 Å². The lowest BCUT2D eigenvalue weighted by atomic mass is 9.94. The minimum atomic E-state index is 1.12. The number of fused-ring (bicyclic) bond motifs is 4. The SMILES string of the molecule is C=C/C=C(\C=C/C)n1c2ccccc2c2c(/C=C\C)c(C)ccc21.CC.Cc1ccc(-c2ccc(-n3ccc4c(-c5ccccc5C)c(C)ccc43)cc2)cc1.Cc1ccccc1. The van der Waals surface area contributed by atoms with Gasteiger partial charge in [0.2, 0.25) is 0 Å². The Morgan fingerprint density at radius 3 is 1.75 bits per heavy atom. The lowest BCUT2D eigenvalue weighted by molar-refractivity contribution is 1.13. The van der Waals surface area contributed by atoms with Crippen LogP contribution < -0.4 is 0 Å². The molecule has 9 rings (SSSR count). The molecule has 0 bridgehead atoms. The first-order valence-electron chi connectivity index (χ1n) is 22.2. The second-order valence-electron chi connectivity index (χ2n) is 15.6. The summed E-state index contributed by atoms with van der Waals surface area (Å²) < 4.78 is 4.61. The number of para-hydroxylation sites is 1. The monoisotopic (exact) mass is 822 g/mol. The Morgan fingerprint density at radius 2 is 1.11 bits per heavy atom. The van der Waals surface area contributed by atoms with Crippen LogP contribution in [-0.2, 0) is 0 Å². The van der Waals surface area contributed by atoms with E-state index in [1.807, 2.05) is 45.0 Å². The molecule has 0 atom stereocenters. The van der Waals surface area contributed by atoms with Gasteiger partial charge in [-0.2, -0.15) is 0 Å². The zero-order valence-electron chi connectivity index (χ0n) is 38.7. The van der Waals surface area contributed by atoms with Crippen molar-refractivity contribution in [2.45, 2.75) is 62.3 Å². The van der Waals surface area contributed by atoms with Crippen LogP contribution in [0.1, 0.15) is 61.1 Å². The summed E-state index contributed by atoms with van der Waals surface area (Å²) in [5, 5.41) is 3.89. The molecule has 0 amide bonds. The van der Waals surface area contributed by atoms with Crippen LogP contribution in [0.25, 0.3) is 72.4 Å². The Balaban J connectivity index is 0.000000179. The van der Waals surface area contributed by atoms with Gasteiger partial charge in [0.05, 0.1) is 16.6 Å². The molecule has 7 aromatic carbocycles. The number of hydrogen-bond acceptors (Lipinski definition) is 0. The number of aryl methyl sites for hydroxylation is 5. The van der Waals surface area contributed by atoms with Gasteiger partial charge in [-0.1, -0.05) is 177 Å². The van der Waals surface area contributed by atoms with Gasteiger partial charge < -0.3 is 9.13 Å². The van der Waals surface area contributed by atoms with Gasteiger partial charge in [0.1, 0.15) is 0 Å². The molecule has 0 saturated carbocycles. The van der Waals surface area contributed by atoms with Crippen LogP contribution in [0, 0.1) is 34.6 Å². The number of benzene rings is 7. The lowest BCUT2D eigenvalue weighted by Crippen LogP contribution is -1.94. The molecule has 0 spiro atoms. The Hall–Kier alpha value is -7.16. The Bertz CT molecular complexity index is 3020. The van der Waals surface area contributed by atoms with Crippen LogP contribution >= 0.6 is 0 Å². The van der Waals surface area contributed by atoms with Crippen LogP contribution in [0.5, 0.6) is 0 Å². The molecule has 0 aliphatic heterocycles. The second kappa shape index (κ2) is 21.6. The predicted octanol–water partition coefficient (Wildman–Crippen LogP) is 17.6. The zero-order valence-corrected chi connectivity index (χ0v) is 38.7. The van der Waals surface area contributed by atoms with Crippen LogP contribution in [0.4, 0.5) is 0 Å². The van der Waals surface area contributed by atoms with E-state index in [4.69, 9.17) is 0 Å². The summed E-state index contributed by atoms with van der Waals surface area (Å²) in [6.45, 7) is 22.8. The molecular weight excluding hydrogens is 761 g/mol. The first-order valence-corrected chi connectivity index (χ1v) is 22.2. The van der Waals surface area contributed by atoms with Crippen molar-refractivity contribution in [3.63, 3.8) is 0 Å². The molecule has 2 heteroatoms. The third-order valence-electron chi connectivity index (χ3n) is 11.3. The minimum Gasteiger partial charge on any atom is -0.317 e. The average molecular weight is 823 g/mol. The molecule has 2 heterocycles. The van der Waals surface area contributed by atoms with Gasteiger partial charge in [-0.15, -0.1) is 0 Å². The standard InChI is InChI=1S/C29H25N.C23H23N.C7H8.C2H6/c1-20-8-11-23(12-9-20)24-13-15-25(16-14-24)30-19-18-27-28(30)17-10-22(3)29(27)26-7-5-4-6-21(26)2;1-5-10-18(11-6-2)24-21-14-9-8-13-20(21)23-19(12-7-3)17(4)15-16-22(23)24;1-7-5-3-2-4-6-7;1-2/h4-19H,1-3H3;5-16H,1H2,2-4H3;2-6H,1H3;1-2H3/b;11-6-,12-7-,18-10+;;. The highest BCUT2D eigenvalue weighted by Gasteiger charge is 2.16. The first kappa shape index (κ1) is 45.4. The maximum Gasteiger partial charge on any atom is 0.0547 e. The molecule has 0 aliphatic rings. The average Bonchev–Trinajstić information content (AvgIpc) is 3.89. The highest BCUT2D eigenvalue weighted by atomic mass is 15.0.